The number of anilines is 1. The van der Waals surface area contributed by atoms with Gasteiger partial charge in [0, 0.05) is 5.70 Å². The molecule has 0 unspecified atom stereocenters. The minimum atomic E-state index is 0.882. The van der Waals surface area contributed by atoms with Crippen LogP contribution in [0.2, 0.25) is 0 Å². The van der Waals surface area contributed by atoms with E-state index in [9.17, 15) is 0 Å². The van der Waals surface area contributed by atoms with Crippen molar-refractivity contribution in [2.45, 2.75) is 39.0 Å². The summed E-state index contributed by atoms with van der Waals surface area (Å²) in [5.41, 5.74) is 8.92. The van der Waals surface area contributed by atoms with Crippen LogP contribution in [-0.2, 0) is 0 Å². The fourth-order valence-corrected chi connectivity index (χ4v) is 3.55. The summed E-state index contributed by atoms with van der Waals surface area (Å²) < 4.78 is 1.22. The van der Waals surface area contributed by atoms with Crippen molar-refractivity contribution < 1.29 is 0 Å². The molecule has 1 aromatic heterocycles. The Bertz CT molecular complexity index is 570. The fourth-order valence-electron chi connectivity index (χ4n) is 2.73. The Labute approximate surface area is 124 Å². The lowest BCUT2D eigenvalue weighted by molar-refractivity contribution is 0.426. The summed E-state index contributed by atoms with van der Waals surface area (Å²) in [7, 11) is 0. The number of benzene rings is 1. The lowest BCUT2D eigenvalue weighted by Crippen LogP contribution is -2.23. The standard InChI is InChI=1S/C16H21N3S/c1-2-5-12-8-10-13(11-9-12)18-19-16-17-14-6-3-4-7-15(14)20-16/h3-4,6-7,10,12,18H,2,5,8-9,11H2,1H3,(H,17,19)/t12-/m0/s1. The number of rotatable bonds is 5. The molecular weight excluding hydrogens is 266 g/mol. The van der Waals surface area contributed by atoms with Crippen LogP contribution in [0.4, 0.5) is 5.13 Å². The van der Waals surface area contributed by atoms with Gasteiger partial charge in [0.2, 0.25) is 5.13 Å². The van der Waals surface area contributed by atoms with Crippen LogP contribution in [0.25, 0.3) is 10.2 Å². The maximum atomic E-state index is 4.56. The van der Waals surface area contributed by atoms with Gasteiger partial charge >= 0.3 is 0 Å². The molecule has 2 aromatic rings. The molecule has 3 rings (SSSR count). The second kappa shape index (κ2) is 6.27. The number of nitrogens with one attached hydrogen (secondary N) is 2. The molecule has 20 heavy (non-hydrogen) atoms. The highest BCUT2D eigenvalue weighted by Gasteiger charge is 2.13. The number of fused-ring (bicyclic) bond motifs is 1. The van der Waals surface area contributed by atoms with Crippen molar-refractivity contribution in [1.82, 2.24) is 10.4 Å². The molecule has 0 radical (unpaired) electrons. The van der Waals surface area contributed by atoms with Crippen molar-refractivity contribution in [1.29, 1.82) is 0 Å². The zero-order valence-electron chi connectivity index (χ0n) is 11.9. The Balaban J connectivity index is 1.57. The summed E-state index contributed by atoms with van der Waals surface area (Å²) in [5.74, 6) is 0.882. The molecule has 3 nitrogen and oxygen atoms in total. The van der Waals surface area contributed by atoms with Crippen molar-refractivity contribution >= 4 is 26.7 Å². The van der Waals surface area contributed by atoms with Gasteiger partial charge in [-0.05, 0) is 37.3 Å². The Kier molecular flexibility index (Phi) is 4.21. The molecule has 1 aliphatic carbocycles. The highest BCUT2D eigenvalue weighted by molar-refractivity contribution is 7.22. The van der Waals surface area contributed by atoms with Gasteiger partial charge in [-0.1, -0.05) is 49.3 Å². The van der Waals surface area contributed by atoms with Crippen molar-refractivity contribution in [3.8, 4) is 0 Å². The molecule has 1 atom stereocenters. The van der Waals surface area contributed by atoms with Gasteiger partial charge < -0.3 is 5.43 Å². The number of aromatic nitrogens is 1. The Hall–Kier alpha value is -1.55. The number of para-hydroxylation sites is 1. The van der Waals surface area contributed by atoms with Crippen LogP contribution in [0.1, 0.15) is 39.0 Å². The largest absolute Gasteiger partial charge is 0.303 e. The van der Waals surface area contributed by atoms with Crippen LogP contribution in [0.5, 0.6) is 0 Å². The van der Waals surface area contributed by atoms with Crippen LogP contribution in [-0.4, -0.2) is 4.98 Å². The predicted octanol–water partition coefficient (Wildman–Crippen LogP) is 4.70. The van der Waals surface area contributed by atoms with E-state index in [-0.39, 0.29) is 0 Å². The van der Waals surface area contributed by atoms with Crippen LogP contribution in [0.3, 0.4) is 0 Å². The van der Waals surface area contributed by atoms with Gasteiger partial charge in [0.1, 0.15) is 0 Å². The molecular formula is C16H21N3S. The van der Waals surface area contributed by atoms with E-state index >= 15 is 0 Å². The number of nitrogens with zero attached hydrogens (tertiary/aromatic N) is 1. The number of hydrogen-bond donors (Lipinski definition) is 2. The molecule has 0 fully saturated rings. The first-order valence-corrected chi connectivity index (χ1v) is 8.23. The highest BCUT2D eigenvalue weighted by Crippen LogP contribution is 2.27. The quantitative estimate of drug-likeness (QED) is 0.783. The maximum absolute atomic E-state index is 4.56. The van der Waals surface area contributed by atoms with Gasteiger partial charge in [0.25, 0.3) is 0 Å². The normalized spacial score (nSPS) is 18.9. The van der Waals surface area contributed by atoms with Crippen molar-refractivity contribution in [3.63, 3.8) is 0 Å². The van der Waals surface area contributed by atoms with Crippen LogP contribution >= 0.6 is 11.3 Å². The third kappa shape index (κ3) is 3.12. The summed E-state index contributed by atoms with van der Waals surface area (Å²) in [6.45, 7) is 2.27. The Morgan fingerprint density at radius 2 is 2.20 bits per heavy atom. The van der Waals surface area contributed by atoms with E-state index in [0.717, 1.165) is 23.0 Å². The molecule has 0 aliphatic heterocycles. The van der Waals surface area contributed by atoms with Crippen molar-refractivity contribution in [3.05, 3.63) is 36.0 Å². The third-order valence-corrected chi connectivity index (χ3v) is 4.79. The molecule has 2 N–H and O–H groups in total. The molecule has 1 aliphatic rings. The van der Waals surface area contributed by atoms with Gasteiger partial charge in [0.05, 0.1) is 10.2 Å². The summed E-state index contributed by atoms with van der Waals surface area (Å²) in [4.78, 5) is 4.56. The van der Waals surface area contributed by atoms with Gasteiger partial charge in [-0.2, -0.15) is 0 Å². The van der Waals surface area contributed by atoms with Gasteiger partial charge in [-0.15, -0.1) is 0 Å². The lowest BCUT2D eigenvalue weighted by Gasteiger charge is -2.22. The SMILES string of the molecule is CCC[C@H]1CC=C(NNc2nc3ccccc3s2)CC1. The second-order valence-electron chi connectivity index (χ2n) is 5.40. The molecule has 0 bridgehead atoms. The number of thiazole rings is 1. The molecule has 0 saturated heterocycles. The minimum absolute atomic E-state index is 0.882. The summed E-state index contributed by atoms with van der Waals surface area (Å²) in [6, 6.07) is 8.23. The first-order valence-electron chi connectivity index (χ1n) is 7.42. The summed E-state index contributed by atoms with van der Waals surface area (Å²) in [5, 5.41) is 0.933. The Morgan fingerprint density at radius 1 is 1.30 bits per heavy atom. The average molecular weight is 287 g/mol. The van der Waals surface area contributed by atoms with Gasteiger partial charge in [-0.3, -0.25) is 5.43 Å². The predicted molar refractivity (Wildman–Crippen MR) is 86.7 cm³/mol. The van der Waals surface area contributed by atoms with Gasteiger partial charge in [0.15, 0.2) is 0 Å². The van der Waals surface area contributed by atoms with E-state index in [1.807, 2.05) is 12.1 Å². The fraction of sp³-hybridized carbons (Fsp3) is 0.438. The molecule has 106 valence electrons. The molecule has 1 heterocycles. The Morgan fingerprint density at radius 3 is 2.95 bits per heavy atom. The molecule has 4 heteroatoms. The van der Waals surface area contributed by atoms with Crippen LogP contribution in [0, 0.1) is 5.92 Å². The highest BCUT2D eigenvalue weighted by atomic mass is 32.1. The zero-order chi connectivity index (χ0) is 13.8. The number of hydrazine groups is 1. The summed E-state index contributed by atoms with van der Waals surface area (Å²) >= 11 is 1.68. The monoisotopic (exact) mass is 287 g/mol. The smallest absolute Gasteiger partial charge is 0.202 e. The second-order valence-corrected chi connectivity index (χ2v) is 6.43. The van der Waals surface area contributed by atoms with Crippen molar-refractivity contribution in [2.75, 3.05) is 5.43 Å². The summed E-state index contributed by atoms with van der Waals surface area (Å²) in [6.07, 6.45) is 8.64. The van der Waals surface area contributed by atoms with Crippen LogP contribution in [0.15, 0.2) is 36.0 Å². The third-order valence-electron chi connectivity index (χ3n) is 3.84. The van der Waals surface area contributed by atoms with E-state index in [1.165, 1.54) is 36.1 Å². The van der Waals surface area contributed by atoms with Crippen LogP contribution < -0.4 is 10.9 Å². The average Bonchev–Trinajstić information content (AvgIpc) is 2.90. The molecule has 0 spiro atoms. The molecule has 1 aromatic carbocycles. The first kappa shape index (κ1) is 13.4. The van der Waals surface area contributed by atoms with E-state index in [4.69, 9.17) is 0 Å². The van der Waals surface area contributed by atoms with Gasteiger partial charge in [-0.25, -0.2) is 4.98 Å². The van der Waals surface area contributed by atoms with E-state index in [0.29, 0.717) is 0 Å². The van der Waals surface area contributed by atoms with E-state index < -0.39 is 0 Å². The van der Waals surface area contributed by atoms with E-state index in [1.54, 1.807) is 11.3 Å². The lowest BCUT2D eigenvalue weighted by atomic mass is 9.89. The van der Waals surface area contributed by atoms with E-state index in [2.05, 4.69) is 41.0 Å². The minimum Gasteiger partial charge on any atom is -0.303 e. The van der Waals surface area contributed by atoms with Crippen molar-refractivity contribution in [2.24, 2.45) is 5.92 Å². The molecule has 0 amide bonds. The topological polar surface area (TPSA) is 37.0 Å². The first-order chi connectivity index (χ1) is 9.85. The zero-order valence-corrected chi connectivity index (χ0v) is 12.7. The maximum Gasteiger partial charge on any atom is 0.202 e. The molecule has 0 saturated carbocycles. The number of hydrogen-bond acceptors (Lipinski definition) is 4. The number of allylic oxidation sites excluding steroid dienone is 2.